The van der Waals surface area contributed by atoms with E-state index in [1.165, 1.54) is 0 Å². The molecule has 0 radical (unpaired) electrons. The van der Waals surface area contributed by atoms with E-state index < -0.39 is 11.9 Å². The molecular weight excluding hydrogens is 546 g/mol. The van der Waals surface area contributed by atoms with E-state index in [1.54, 1.807) is 49.4 Å². The monoisotopic (exact) mass is 569 g/mol. The molecule has 0 bridgehead atoms. The van der Waals surface area contributed by atoms with Crippen LogP contribution >= 0.6 is 27.7 Å². The van der Waals surface area contributed by atoms with Crippen LogP contribution in [0, 0.1) is 19.3 Å². The van der Waals surface area contributed by atoms with E-state index in [0.717, 1.165) is 17.3 Å². The van der Waals surface area contributed by atoms with Gasteiger partial charge in [0, 0.05) is 5.56 Å². The van der Waals surface area contributed by atoms with Crippen LogP contribution in [-0.2, 0) is 9.53 Å². The number of thioether (sulfide) groups is 1. The number of esters is 1. The van der Waals surface area contributed by atoms with Crippen molar-refractivity contribution in [3.63, 3.8) is 0 Å². The van der Waals surface area contributed by atoms with Crippen LogP contribution < -0.4 is 9.47 Å². The summed E-state index contributed by atoms with van der Waals surface area (Å²) in [6.07, 6.45) is 6.95. The second-order valence-electron chi connectivity index (χ2n) is 7.40. The molecule has 1 aliphatic heterocycles. The van der Waals surface area contributed by atoms with Crippen LogP contribution in [0.25, 0.3) is 6.08 Å². The Morgan fingerprint density at radius 1 is 1.17 bits per heavy atom. The third-order valence-corrected chi connectivity index (χ3v) is 6.41. The van der Waals surface area contributed by atoms with Crippen molar-refractivity contribution in [2.24, 2.45) is 4.99 Å². The third kappa shape index (κ3) is 6.39. The molecule has 3 rings (SSSR count). The van der Waals surface area contributed by atoms with E-state index in [-0.39, 0.29) is 29.6 Å². The second kappa shape index (κ2) is 12.5. The molecule has 186 valence electrons. The van der Waals surface area contributed by atoms with E-state index in [0.29, 0.717) is 38.6 Å². The average Bonchev–Trinajstić information content (AvgIpc) is 3.13. The summed E-state index contributed by atoms with van der Waals surface area (Å²) in [6.45, 7) is 5.96. The lowest BCUT2D eigenvalue weighted by Crippen LogP contribution is -2.14. The predicted molar refractivity (Wildman–Crippen MR) is 144 cm³/mol. The van der Waals surface area contributed by atoms with Gasteiger partial charge in [-0.1, -0.05) is 35.4 Å². The molecule has 36 heavy (non-hydrogen) atoms. The number of aliphatic hydroxyl groups excluding tert-OH is 1. The van der Waals surface area contributed by atoms with Gasteiger partial charge < -0.3 is 19.3 Å². The maximum absolute atomic E-state index is 12.8. The molecule has 1 amide bonds. The topological polar surface area (TPSA) is 94.4 Å². The Morgan fingerprint density at radius 2 is 1.89 bits per heavy atom. The van der Waals surface area contributed by atoms with E-state index in [1.807, 2.05) is 13.8 Å². The summed E-state index contributed by atoms with van der Waals surface area (Å²) in [6, 6.07) is 10.4. The quantitative estimate of drug-likeness (QED) is 0.313. The van der Waals surface area contributed by atoms with Gasteiger partial charge in [-0.3, -0.25) is 4.79 Å². The molecule has 0 atom stereocenters. The summed E-state index contributed by atoms with van der Waals surface area (Å²) in [5.41, 5.74) is 1.84. The van der Waals surface area contributed by atoms with Crippen LogP contribution in [0.4, 0.5) is 0 Å². The van der Waals surface area contributed by atoms with Crippen LogP contribution in [0.3, 0.4) is 0 Å². The summed E-state index contributed by atoms with van der Waals surface area (Å²) < 4.78 is 17.0. The van der Waals surface area contributed by atoms with Gasteiger partial charge in [0.25, 0.3) is 5.91 Å². The highest BCUT2D eigenvalue weighted by atomic mass is 79.9. The van der Waals surface area contributed by atoms with Crippen molar-refractivity contribution >= 4 is 50.7 Å². The number of rotatable bonds is 8. The number of amides is 1. The van der Waals surface area contributed by atoms with E-state index in [4.69, 9.17) is 20.6 Å². The van der Waals surface area contributed by atoms with Gasteiger partial charge in [0.2, 0.25) is 0 Å². The van der Waals surface area contributed by atoms with Crippen LogP contribution in [0.15, 0.2) is 62.1 Å². The third-order valence-electron chi connectivity index (χ3n) is 4.80. The van der Waals surface area contributed by atoms with Crippen molar-refractivity contribution in [2.45, 2.75) is 20.8 Å². The number of benzene rings is 2. The van der Waals surface area contributed by atoms with E-state index in [9.17, 15) is 14.7 Å². The number of nitrogens with zero attached hydrogens (tertiary/aromatic N) is 1. The standard InChI is InChI=1S/C27H24BrNO6S/c1-5-12-35-24-19(28)13-17(14-20(24)33-6-2)15-21-23(30)22(27(32)34-7-3)26(36-21)29-25(31)18-10-8-16(4)9-11-18/h1,8-11,13-15,30H,6-7,12H2,2-4H3/b21-15-,29-26?. The highest BCUT2D eigenvalue weighted by Gasteiger charge is 2.34. The smallest absolute Gasteiger partial charge is 0.344 e. The number of ether oxygens (including phenoxy) is 3. The van der Waals surface area contributed by atoms with Gasteiger partial charge in [0.15, 0.2) is 11.5 Å². The Morgan fingerprint density at radius 3 is 2.53 bits per heavy atom. The SMILES string of the molecule is C#CCOc1c(Br)cc(/C=C2\SC(=NC(=O)c3ccc(C)cc3)C(C(=O)OCC)=C2O)cc1OCC. The lowest BCUT2D eigenvalue weighted by atomic mass is 10.1. The number of hydrogen-bond acceptors (Lipinski definition) is 7. The van der Waals surface area contributed by atoms with E-state index in [2.05, 4.69) is 26.8 Å². The number of aliphatic hydroxyl groups is 1. The van der Waals surface area contributed by atoms with Crippen molar-refractivity contribution in [1.29, 1.82) is 0 Å². The Hall–Kier alpha value is -3.48. The van der Waals surface area contributed by atoms with Crippen molar-refractivity contribution in [3.05, 3.63) is 73.8 Å². The molecule has 2 aromatic rings. The number of terminal acetylenes is 1. The fourth-order valence-corrected chi connectivity index (χ4v) is 4.77. The number of carbonyl (C=O) groups is 2. The Bertz CT molecular complexity index is 1300. The minimum atomic E-state index is -0.768. The maximum Gasteiger partial charge on any atom is 0.344 e. The van der Waals surface area contributed by atoms with Gasteiger partial charge in [-0.05, 0) is 72.6 Å². The lowest BCUT2D eigenvalue weighted by Gasteiger charge is -2.13. The molecule has 1 N–H and O–H groups in total. The first-order valence-corrected chi connectivity index (χ1v) is 12.6. The Kier molecular flexibility index (Phi) is 9.39. The molecule has 0 unspecified atom stereocenters. The largest absolute Gasteiger partial charge is 0.506 e. The average molecular weight is 570 g/mol. The maximum atomic E-state index is 12.8. The molecule has 0 spiro atoms. The first kappa shape index (κ1) is 27.1. The van der Waals surface area contributed by atoms with Crippen LogP contribution in [0.1, 0.15) is 35.3 Å². The van der Waals surface area contributed by atoms with Gasteiger partial charge in [0.05, 0.1) is 22.6 Å². The molecule has 7 nitrogen and oxygen atoms in total. The highest BCUT2D eigenvalue weighted by Crippen LogP contribution is 2.42. The van der Waals surface area contributed by atoms with Gasteiger partial charge in [0.1, 0.15) is 23.0 Å². The first-order valence-electron chi connectivity index (χ1n) is 11.0. The highest BCUT2D eigenvalue weighted by molar-refractivity contribution is 9.10. The normalized spacial score (nSPS) is 15.2. The fraction of sp³-hybridized carbons (Fsp3) is 0.222. The van der Waals surface area contributed by atoms with Crippen LogP contribution in [-0.4, -0.2) is 41.8 Å². The van der Waals surface area contributed by atoms with Gasteiger partial charge in [-0.25, -0.2) is 9.79 Å². The Balaban J connectivity index is 2.03. The molecule has 1 aliphatic rings. The summed E-state index contributed by atoms with van der Waals surface area (Å²) in [5.74, 6) is 1.69. The molecule has 1 heterocycles. The summed E-state index contributed by atoms with van der Waals surface area (Å²) in [4.78, 5) is 29.8. The van der Waals surface area contributed by atoms with Crippen molar-refractivity contribution in [2.75, 3.05) is 19.8 Å². The zero-order valence-corrected chi connectivity index (χ0v) is 22.4. The molecule has 0 saturated heterocycles. The molecule has 0 aliphatic carbocycles. The summed E-state index contributed by atoms with van der Waals surface area (Å²) >= 11 is 4.46. The van der Waals surface area contributed by atoms with Crippen molar-refractivity contribution in [3.8, 4) is 23.8 Å². The molecular formula is C27H24BrNO6S. The number of halogens is 1. The zero-order chi connectivity index (χ0) is 26.2. The molecule has 0 fully saturated rings. The van der Waals surface area contributed by atoms with Crippen LogP contribution in [0.5, 0.6) is 11.5 Å². The minimum absolute atomic E-state index is 0.0563. The molecule has 2 aromatic carbocycles. The molecule has 0 aromatic heterocycles. The van der Waals surface area contributed by atoms with Gasteiger partial charge >= 0.3 is 5.97 Å². The van der Waals surface area contributed by atoms with Crippen molar-refractivity contribution < 1.29 is 28.9 Å². The summed E-state index contributed by atoms with van der Waals surface area (Å²) in [7, 11) is 0. The van der Waals surface area contributed by atoms with Crippen LogP contribution in [0.2, 0.25) is 0 Å². The second-order valence-corrected chi connectivity index (χ2v) is 9.28. The number of aliphatic imine (C=N–C) groups is 1. The summed E-state index contributed by atoms with van der Waals surface area (Å²) in [5, 5.41) is 11.0. The molecule has 0 saturated carbocycles. The molecule has 9 heteroatoms. The van der Waals surface area contributed by atoms with Gasteiger partial charge in [-0.2, -0.15) is 0 Å². The zero-order valence-electron chi connectivity index (χ0n) is 20.0. The number of aryl methyl sites for hydroxylation is 1. The fourth-order valence-electron chi connectivity index (χ4n) is 3.18. The van der Waals surface area contributed by atoms with Gasteiger partial charge in [-0.15, -0.1) is 6.42 Å². The first-order chi connectivity index (χ1) is 17.3. The van der Waals surface area contributed by atoms with E-state index >= 15 is 0 Å². The minimum Gasteiger partial charge on any atom is -0.506 e. The lowest BCUT2D eigenvalue weighted by molar-refractivity contribution is -0.138. The number of hydrogen-bond donors (Lipinski definition) is 1. The number of carbonyl (C=O) groups excluding carboxylic acids is 2. The predicted octanol–water partition coefficient (Wildman–Crippen LogP) is 5.87. The van der Waals surface area contributed by atoms with Crippen molar-refractivity contribution in [1.82, 2.24) is 0 Å². The Labute approximate surface area is 222 Å².